The van der Waals surface area contributed by atoms with Gasteiger partial charge in [0.25, 0.3) is 0 Å². The van der Waals surface area contributed by atoms with Crippen LogP contribution in [0.2, 0.25) is 5.02 Å². The van der Waals surface area contributed by atoms with Crippen molar-refractivity contribution in [1.82, 2.24) is 14.6 Å². The molecule has 0 saturated carbocycles. The fourth-order valence-corrected chi connectivity index (χ4v) is 3.18. The molecule has 8 heteroatoms. The molecule has 1 aromatic carbocycles. The maximum atomic E-state index is 12.1. The van der Waals surface area contributed by atoms with E-state index >= 15 is 0 Å². The third-order valence-electron chi connectivity index (χ3n) is 3.75. The summed E-state index contributed by atoms with van der Waals surface area (Å²) in [5.74, 6) is -0.159. The molecule has 0 fully saturated rings. The number of nitrogens with zero attached hydrogens (tertiary/aromatic N) is 3. The summed E-state index contributed by atoms with van der Waals surface area (Å²) in [6, 6.07) is 5.42. The van der Waals surface area contributed by atoms with Gasteiger partial charge in [-0.05, 0) is 24.6 Å². The van der Waals surface area contributed by atoms with Gasteiger partial charge in [-0.15, -0.1) is 5.10 Å². The molecule has 0 spiro atoms. The molecule has 0 unspecified atom stereocenters. The van der Waals surface area contributed by atoms with Crippen LogP contribution in [-0.2, 0) is 10.2 Å². The highest BCUT2D eigenvalue weighted by atomic mass is 35.5. The summed E-state index contributed by atoms with van der Waals surface area (Å²) >= 11 is 7.48. The second-order valence-corrected chi connectivity index (χ2v) is 8.19. The predicted molar refractivity (Wildman–Crippen MR) is 103 cm³/mol. The van der Waals surface area contributed by atoms with Crippen LogP contribution in [0.15, 0.2) is 24.4 Å². The molecule has 0 bridgehead atoms. The van der Waals surface area contributed by atoms with E-state index in [0.29, 0.717) is 15.8 Å². The maximum Gasteiger partial charge on any atom is 0.243 e. The molecule has 6 nitrogen and oxygen atoms in total. The molecule has 0 aliphatic carbocycles. The summed E-state index contributed by atoms with van der Waals surface area (Å²) in [5.41, 5.74) is 2.53. The SMILES string of the molecule is Cc1c(Cl)cccc1NC(=O)CNc1nn2cc(C(C)(C)C)nc2s1. The van der Waals surface area contributed by atoms with Crippen LogP contribution in [0.5, 0.6) is 0 Å². The number of nitrogens with one attached hydrogen (secondary N) is 2. The van der Waals surface area contributed by atoms with Gasteiger partial charge < -0.3 is 10.6 Å². The fourth-order valence-electron chi connectivity index (χ4n) is 2.23. The number of hydrogen-bond acceptors (Lipinski definition) is 5. The van der Waals surface area contributed by atoms with Crippen LogP contribution in [0.1, 0.15) is 32.0 Å². The van der Waals surface area contributed by atoms with E-state index in [2.05, 4.69) is 41.5 Å². The van der Waals surface area contributed by atoms with Crippen molar-refractivity contribution >= 4 is 44.6 Å². The van der Waals surface area contributed by atoms with E-state index in [1.54, 1.807) is 16.6 Å². The Kier molecular flexibility index (Phi) is 4.71. The predicted octanol–water partition coefficient (Wildman–Crippen LogP) is 4.10. The third-order valence-corrected chi connectivity index (χ3v) is 5.04. The van der Waals surface area contributed by atoms with Gasteiger partial charge in [-0.25, -0.2) is 9.50 Å². The van der Waals surface area contributed by atoms with Crippen molar-refractivity contribution in [3.8, 4) is 0 Å². The van der Waals surface area contributed by atoms with Crippen molar-refractivity contribution in [2.75, 3.05) is 17.2 Å². The van der Waals surface area contributed by atoms with E-state index in [1.165, 1.54) is 11.3 Å². The zero-order chi connectivity index (χ0) is 18.2. The number of anilines is 2. The van der Waals surface area contributed by atoms with Gasteiger partial charge in [-0.1, -0.05) is 49.8 Å². The summed E-state index contributed by atoms with van der Waals surface area (Å²) < 4.78 is 1.74. The van der Waals surface area contributed by atoms with Gasteiger partial charge in [0.2, 0.25) is 16.0 Å². The monoisotopic (exact) mass is 377 g/mol. The van der Waals surface area contributed by atoms with Crippen molar-refractivity contribution in [2.24, 2.45) is 0 Å². The van der Waals surface area contributed by atoms with Gasteiger partial charge in [0.1, 0.15) is 0 Å². The number of imidazole rings is 1. The minimum absolute atomic E-state index is 0.0181. The lowest BCUT2D eigenvalue weighted by Gasteiger charge is -2.13. The molecule has 25 heavy (non-hydrogen) atoms. The Balaban J connectivity index is 1.63. The quantitative estimate of drug-likeness (QED) is 0.718. The normalized spacial score (nSPS) is 11.7. The summed E-state index contributed by atoms with van der Waals surface area (Å²) in [4.78, 5) is 17.5. The number of hydrogen-bond donors (Lipinski definition) is 2. The number of aromatic nitrogens is 3. The van der Waals surface area contributed by atoms with Gasteiger partial charge in [0.05, 0.1) is 18.4 Å². The highest BCUT2D eigenvalue weighted by molar-refractivity contribution is 7.20. The highest BCUT2D eigenvalue weighted by Gasteiger charge is 2.19. The Hall–Kier alpha value is -2.12. The first-order chi connectivity index (χ1) is 11.7. The first-order valence-corrected chi connectivity index (χ1v) is 9.09. The van der Waals surface area contributed by atoms with E-state index in [9.17, 15) is 4.79 Å². The Bertz CT molecular complexity index is 893. The van der Waals surface area contributed by atoms with E-state index < -0.39 is 0 Å². The van der Waals surface area contributed by atoms with Gasteiger partial charge >= 0.3 is 0 Å². The number of fused-ring (bicyclic) bond motifs is 1. The molecule has 0 atom stereocenters. The van der Waals surface area contributed by atoms with Crippen LogP contribution >= 0.6 is 22.9 Å². The number of carbonyl (C=O) groups excluding carboxylic acids is 1. The Morgan fingerprint density at radius 3 is 2.80 bits per heavy atom. The standard InChI is InChI=1S/C17H20ClN5OS/c1-10-11(18)6-5-7-12(10)20-14(24)8-19-15-22-23-9-13(17(2,3)4)21-16(23)25-15/h5-7,9H,8H2,1-4H3,(H,19,22)(H,20,24). The van der Waals surface area contributed by atoms with E-state index in [1.807, 2.05) is 19.2 Å². The van der Waals surface area contributed by atoms with Crippen LogP contribution < -0.4 is 10.6 Å². The zero-order valence-electron chi connectivity index (χ0n) is 14.6. The first kappa shape index (κ1) is 17.7. The van der Waals surface area contributed by atoms with Gasteiger partial charge in [-0.3, -0.25) is 4.79 Å². The van der Waals surface area contributed by atoms with E-state index in [4.69, 9.17) is 11.6 Å². The van der Waals surface area contributed by atoms with Crippen LogP contribution in [-0.4, -0.2) is 27.0 Å². The number of amides is 1. The molecule has 2 aromatic heterocycles. The second kappa shape index (κ2) is 6.65. The maximum absolute atomic E-state index is 12.1. The number of carbonyl (C=O) groups is 1. The van der Waals surface area contributed by atoms with Crippen LogP contribution in [0, 0.1) is 6.92 Å². The molecule has 132 valence electrons. The molecule has 2 heterocycles. The van der Waals surface area contributed by atoms with Crippen LogP contribution in [0.4, 0.5) is 10.8 Å². The van der Waals surface area contributed by atoms with Crippen molar-refractivity contribution in [1.29, 1.82) is 0 Å². The smallest absolute Gasteiger partial charge is 0.243 e. The number of rotatable bonds is 4. The van der Waals surface area contributed by atoms with E-state index in [-0.39, 0.29) is 17.9 Å². The molecule has 3 rings (SSSR count). The number of benzene rings is 1. The minimum atomic E-state index is -0.159. The molecule has 0 aliphatic heterocycles. The van der Waals surface area contributed by atoms with Crippen molar-refractivity contribution < 1.29 is 4.79 Å². The molecule has 0 saturated heterocycles. The largest absolute Gasteiger partial charge is 0.351 e. The summed E-state index contributed by atoms with van der Waals surface area (Å²) in [5, 5.41) is 11.6. The minimum Gasteiger partial charge on any atom is -0.351 e. The average Bonchev–Trinajstić information content (AvgIpc) is 3.08. The highest BCUT2D eigenvalue weighted by Crippen LogP contribution is 2.26. The summed E-state index contributed by atoms with van der Waals surface area (Å²) in [6.07, 6.45) is 1.92. The lowest BCUT2D eigenvalue weighted by atomic mass is 9.93. The zero-order valence-corrected chi connectivity index (χ0v) is 16.1. The third kappa shape index (κ3) is 3.93. The summed E-state index contributed by atoms with van der Waals surface area (Å²) in [6.45, 7) is 8.32. The first-order valence-electron chi connectivity index (χ1n) is 7.89. The van der Waals surface area contributed by atoms with E-state index in [0.717, 1.165) is 16.2 Å². The second-order valence-electron chi connectivity index (χ2n) is 6.82. The van der Waals surface area contributed by atoms with Crippen molar-refractivity contribution in [3.63, 3.8) is 0 Å². The Morgan fingerprint density at radius 1 is 1.36 bits per heavy atom. The van der Waals surface area contributed by atoms with Crippen molar-refractivity contribution in [2.45, 2.75) is 33.1 Å². The van der Waals surface area contributed by atoms with Crippen LogP contribution in [0.3, 0.4) is 0 Å². The average molecular weight is 378 g/mol. The fraction of sp³-hybridized carbons (Fsp3) is 0.353. The van der Waals surface area contributed by atoms with Crippen molar-refractivity contribution in [3.05, 3.63) is 40.7 Å². The molecular formula is C17H20ClN5OS. The lowest BCUT2D eigenvalue weighted by molar-refractivity contribution is -0.114. The molecule has 1 amide bonds. The Labute approximate surface area is 155 Å². The van der Waals surface area contributed by atoms with Gasteiger partial charge in [-0.2, -0.15) is 0 Å². The molecule has 3 aromatic rings. The molecule has 0 radical (unpaired) electrons. The van der Waals surface area contributed by atoms with Crippen LogP contribution in [0.25, 0.3) is 4.96 Å². The Morgan fingerprint density at radius 2 is 2.12 bits per heavy atom. The topological polar surface area (TPSA) is 71.3 Å². The molecule has 0 aliphatic rings. The van der Waals surface area contributed by atoms with Gasteiger partial charge in [0, 0.05) is 16.1 Å². The molecule has 2 N–H and O–H groups in total. The summed E-state index contributed by atoms with van der Waals surface area (Å²) in [7, 11) is 0. The molecular weight excluding hydrogens is 358 g/mol. The number of halogens is 1. The lowest BCUT2D eigenvalue weighted by Crippen LogP contribution is -2.22. The van der Waals surface area contributed by atoms with Gasteiger partial charge in [0.15, 0.2) is 0 Å².